The van der Waals surface area contributed by atoms with Gasteiger partial charge >= 0.3 is 5.97 Å². The number of halogens is 1. The molecular formula is C22H20ClN3O3. The number of esters is 1. The quantitative estimate of drug-likeness (QED) is 0.651. The Morgan fingerprint density at radius 3 is 2.79 bits per heavy atom. The minimum atomic E-state index is -0.500. The van der Waals surface area contributed by atoms with E-state index in [4.69, 9.17) is 21.3 Å². The van der Waals surface area contributed by atoms with E-state index in [1.165, 1.54) is 6.20 Å². The smallest absolute Gasteiger partial charge is 0.339 e. The summed E-state index contributed by atoms with van der Waals surface area (Å²) < 4.78 is 5.37. The molecule has 0 atom stereocenters. The number of nitrogens with one attached hydrogen (secondary N) is 1. The van der Waals surface area contributed by atoms with Gasteiger partial charge in [-0.1, -0.05) is 23.2 Å². The number of pyridine rings is 2. The molecule has 148 valence electrons. The van der Waals surface area contributed by atoms with Crippen molar-refractivity contribution in [3.05, 3.63) is 63.9 Å². The number of carbonyl (C=O) groups is 2. The number of aromatic nitrogens is 2. The first-order valence-corrected chi connectivity index (χ1v) is 9.90. The van der Waals surface area contributed by atoms with Crippen molar-refractivity contribution in [1.82, 2.24) is 9.97 Å². The minimum absolute atomic E-state index is 0.345. The molecule has 1 aliphatic rings. The molecule has 0 saturated carbocycles. The molecular weight excluding hydrogens is 390 g/mol. The molecule has 3 aromatic rings. The van der Waals surface area contributed by atoms with Crippen LogP contribution in [-0.2, 0) is 22.4 Å². The summed E-state index contributed by atoms with van der Waals surface area (Å²) in [4.78, 5) is 33.9. The highest BCUT2D eigenvalue weighted by atomic mass is 35.5. The molecule has 2 heterocycles. The molecule has 7 heteroatoms. The number of benzene rings is 1. The van der Waals surface area contributed by atoms with E-state index in [9.17, 15) is 9.59 Å². The zero-order chi connectivity index (χ0) is 20.4. The molecule has 1 N–H and O–H groups in total. The van der Waals surface area contributed by atoms with Crippen LogP contribution in [0.2, 0.25) is 5.02 Å². The fourth-order valence-corrected chi connectivity index (χ4v) is 3.71. The van der Waals surface area contributed by atoms with Crippen LogP contribution in [0.15, 0.2) is 36.5 Å². The van der Waals surface area contributed by atoms with Gasteiger partial charge in [-0.3, -0.25) is 9.78 Å². The van der Waals surface area contributed by atoms with E-state index in [0.717, 1.165) is 53.4 Å². The summed E-state index contributed by atoms with van der Waals surface area (Å²) in [5.41, 5.74) is 4.24. The lowest BCUT2D eigenvalue weighted by molar-refractivity contribution is -0.119. The van der Waals surface area contributed by atoms with Gasteiger partial charge in [0.1, 0.15) is 5.82 Å². The van der Waals surface area contributed by atoms with Crippen LogP contribution in [0, 0.1) is 6.92 Å². The van der Waals surface area contributed by atoms with E-state index >= 15 is 0 Å². The van der Waals surface area contributed by atoms with Crippen LogP contribution < -0.4 is 5.32 Å². The number of fused-ring (bicyclic) bond motifs is 2. The molecule has 6 nitrogen and oxygen atoms in total. The van der Waals surface area contributed by atoms with Crippen molar-refractivity contribution in [2.45, 2.75) is 32.6 Å². The van der Waals surface area contributed by atoms with E-state index in [2.05, 4.69) is 10.3 Å². The standard InChI is InChI=1S/C22H20ClN3O3/c1-13-6-8-18-16(10-13)21(15-4-2-3-5-17(15)25-18)22(28)29-12-20(27)26-19-9-7-14(23)11-24-19/h6-11H,2-5,12H2,1H3,(H,24,26,27). The Balaban J connectivity index is 1.57. The van der Waals surface area contributed by atoms with Gasteiger partial charge in [0.2, 0.25) is 0 Å². The Hall–Kier alpha value is -2.99. The third-order valence-corrected chi connectivity index (χ3v) is 5.17. The van der Waals surface area contributed by atoms with Gasteiger partial charge in [0.15, 0.2) is 6.61 Å². The van der Waals surface area contributed by atoms with Crippen LogP contribution >= 0.6 is 11.6 Å². The van der Waals surface area contributed by atoms with Crippen LogP contribution in [0.25, 0.3) is 10.9 Å². The minimum Gasteiger partial charge on any atom is -0.452 e. The molecule has 2 aromatic heterocycles. The fourth-order valence-electron chi connectivity index (χ4n) is 3.60. The van der Waals surface area contributed by atoms with Gasteiger partial charge in [0.25, 0.3) is 5.91 Å². The number of ether oxygens (including phenoxy) is 1. The van der Waals surface area contributed by atoms with Crippen LogP contribution in [0.5, 0.6) is 0 Å². The molecule has 0 spiro atoms. The van der Waals surface area contributed by atoms with Gasteiger partial charge in [0, 0.05) is 17.3 Å². The topological polar surface area (TPSA) is 81.2 Å². The van der Waals surface area contributed by atoms with E-state index in [-0.39, 0.29) is 0 Å². The highest BCUT2D eigenvalue weighted by Gasteiger charge is 2.24. The Labute approximate surface area is 173 Å². The van der Waals surface area contributed by atoms with E-state index in [1.807, 2.05) is 25.1 Å². The number of hydrogen-bond acceptors (Lipinski definition) is 5. The molecule has 0 radical (unpaired) electrons. The average Bonchev–Trinajstić information content (AvgIpc) is 2.72. The average molecular weight is 410 g/mol. The Kier molecular flexibility index (Phi) is 5.45. The van der Waals surface area contributed by atoms with E-state index in [0.29, 0.717) is 16.4 Å². The zero-order valence-corrected chi connectivity index (χ0v) is 16.8. The monoisotopic (exact) mass is 409 g/mol. The third kappa shape index (κ3) is 4.22. The number of amides is 1. The van der Waals surface area contributed by atoms with Gasteiger partial charge < -0.3 is 10.1 Å². The summed E-state index contributed by atoms with van der Waals surface area (Å²) in [5.74, 6) is -0.616. The van der Waals surface area contributed by atoms with Crippen molar-refractivity contribution in [1.29, 1.82) is 0 Å². The van der Waals surface area contributed by atoms with Crippen LogP contribution in [0.4, 0.5) is 5.82 Å². The molecule has 0 saturated heterocycles. The van der Waals surface area contributed by atoms with Gasteiger partial charge in [-0.05, 0) is 62.4 Å². The predicted octanol–water partition coefficient (Wildman–Crippen LogP) is 4.27. The van der Waals surface area contributed by atoms with Crippen molar-refractivity contribution in [3.8, 4) is 0 Å². The number of rotatable bonds is 4. The van der Waals surface area contributed by atoms with Crippen molar-refractivity contribution in [2.24, 2.45) is 0 Å². The van der Waals surface area contributed by atoms with Gasteiger partial charge in [-0.15, -0.1) is 0 Å². The Bertz CT molecular complexity index is 1100. The van der Waals surface area contributed by atoms with Gasteiger partial charge in [0.05, 0.1) is 16.1 Å². The van der Waals surface area contributed by atoms with Crippen molar-refractivity contribution >= 4 is 40.2 Å². The summed E-state index contributed by atoms with van der Waals surface area (Å²) in [6, 6.07) is 9.05. The highest BCUT2D eigenvalue weighted by Crippen LogP contribution is 2.30. The van der Waals surface area contributed by atoms with Crippen LogP contribution in [0.3, 0.4) is 0 Å². The lowest BCUT2D eigenvalue weighted by atomic mass is 9.89. The maximum absolute atomic E-state index is 13.0. The first kappa shape index (κ1) is 19.3. The second-order valence-electron chi connectivity index (χ2n) is 7.13. The first-order valence-electron chi connectivity index (χ1n) is 9.52. The summed E-state index contributed by atoms with van der Waals surface area (Å²) in [5, 5.41) is 3.83. The first-order chi connectivity index (χ1) is 14.0. The van der Waals surface area contributed by atoms with Crippen molar-refractivity contribution in [3.63, 3.8) is 0 Å². The third-order valence-electron chi connectivity index (χ3n) is 4.95. The van der Waals surface area contributed by atoms with Crippen LogP contribution in [-0.4, -0.2) is 28.5 Å². The fraction of sp³-hybridized carbons (Fsp3) is 0.273. The SMILES string of the molecule is Cc1ccc2nc3c(c(C(=O)OCC(=O)Nc4ccc(Cl)cn4)c2c1)CCCC3. The molecule has 0 bridgehead atoms. The highest BCUT2D eigenvalue weighted by molar-refractivity contribution is 6.30. The normalized spacial score (nSPS) is 13.0. The number of carbonyl (C=O) groups excluding carboxylic acids is 2. The number of aryl methyl sites for hydroxylation is 2. The molecule has 1 aromatic carbocycles. The van der Waals surface area contributed by atoms with E-state index < -0.39 is 18.5 Å². The van der Waals surface area contributed by atoms with Crippen molar-refractivity contribution < 1.29 is 14.3 Å². The zero-order valence-electron chi connectivity index (χ0n) is 16.0. The van der Waals surface area contributed by atoms with Crippen LogP contribution in [0.1, 0.15) is 40.0 Å². The van der Waals surface area contributed by atoms with Crippen molar-refractivity contribution in [2.75, 3.05) is 11.9 Å². The second kappa shape index (κ2) is 8.17. The summed E-state index contributed by atoms with van der Waals surface area (Å²) in [6.07, 6.45) is 5.14. The molecule has 1 aliphatic carbocycles. The summed E-state index contributed by atoms with van der Waals surface area (Å²) in [6.45, 7) is 1.58. The number of hydrogen-bond donors (Lipinski definition) is 1. The largest absolute Gasteiger partial charge is 0.452 e. The summed E-state index contributed by atoms with van der Waals surface area (Å²) >= 11 is 5.79. The number of nitrogens with zero attached hydrogens (tertiary/aromatic N) is 2. The lowest BCUT2D eigenvalue weighted by Gasteiger charge is -2.20. The molecule has 1 amide bonds. The summed E-state index contributed by atoms with van der Waals surface area (Å²) in [7, 11) is 0. The number of anilines is 1. The Morgan fingerprint density at radius 2 is 2.00 bits per heavy atom. The lowest BCUT2D eigenvalue weighted by Crippen LogP contribution is -2.23. The molecule has 0 unspecified atom stereocenters. The Morgan fingerprint density at radius 1 is 1.17 bits per heavy atom. The molecule has 29 heavy (non-hydrogen) atoms. The second-order valence-corrected chi connectivity index (χ2v) is 7.56. The predicted molar refractivity (Wildman–Crippen MR) is 111 cm³/mol. The van der Waals surface area contributed by atoms with E-state index in [1.54, 1.807) is 12.1 Å². The van der Waals surface area contributed by atoms with Gasteiger partial charge in [-0.2, -0.15) is 0 Å². The van der Waals surface area contributed by atoms with Gasteiger partial charge in [-0.25, -0.2) is 9.78 Å². The molecule has 0 aliphatic heterocycles. The maximum Gasteiger partial charge on any atom is 0.339 e. The molecule has 0 fully saturated rings. The maximum atomic E-state index is 13.0. The molecule has 4 rings (SSSR count).